The Morgan fingerprint density at radius 3 is 2.08 bits per heavy atom. The normalized spacial score (nSPS) is 19.0. The molecule has 25 heavy (non-hydrogen) atoms. The number of carbonyl (C=O) groups is 3. The molecule has 0 aromatic heterocycles. The number of nitrogens with zero attached hydrogens (tertiary/aromatic N) is 3. The first-order valence-electron chi connectivity index (χ1n) is 8.61. The van der Waals surface area contributed by atoms with Crippen molar-refractivity contribution >= 4 is 18.2 Å². The van der Waals surface area contributed by atoms with E-state index in [1.807, 2.05) is 4.90 Å². The topological polar surface area (TPSA) is 60.9 Å². The summed E-state index contributed by atoms with van der Waals surface area (Å²) < 4.78 is 13.0. The minimum absolute atomic E-state index is 0.0694. The molecule has 6 nitrogen and oxygen atoms in total. The van der Waals surface area contributed by atoms with E-state index in [0.717, 1.165) is 6.41 Å². The Morgan fingerprint density at radius 2 is 1.52 bits per heavy atom. The summed E-state index contributed by atoms with van der Waals surface area (Å²) in [5.74, 6) is -0.430. The fourth-order valence-corrected chi connectivity index (χ4v) is 3.41. The van der Waals surface area contributed by atoms with Crippen LogP contribution in [0.5, 0.6) is 0 Å². The van der Waals surface area contributed by atoms with E-state index in [-0.39, 0.29) is 23.5 Å². The molecule has 0 N–H and O–H groups in total. The van der Waals surface area contributed by atoms with E-state index in [1.54, 1.807) is 9.80 Å². The third kappa shape index (κ3) is 3.97. The summed E-state index contributed by atoms with van der Waals surface area (Å²) in [6, 6.07) is 5.54. The smallest absolute Gasteiger partial charge is 0.253 e. The number of halogens is 1. The van der Waals surface area contributed by atoms with Gasteiger partial charge in [0.25, 0.3) is 5.91 Å². The number of rotatable bonds is 3. The molecular weight excluding hydrogens is 325 g/mol. The molecule has 0 saturated carbocycles. The van der Waals surface area contributed by atoms with Crippen molar-refractivity contribution in [2.75, 3.05) is 39.3 Å². The van der Waals surface area contributed by atoms with Crippen molar-refractivity contribution in [2.24, 2.45) is 5.92 Å². The Labute approximate surface area is 146 Å². The highest BCUT2D eigenvalue weighted by Crippen LogP contribution is 2.22. The van der Waals surface area contributed by atoms with Crippen LogP contribution in [-0.2, 0) is 9.59 Å². The SMILES string of the molecule is O=CN1CCN(C(=O)C2CCN(C(=O)c3ccc(F)cc3)CC2)CC1. The second kappa shape index (κ2) is 7.63. The largest absolute Gasteiger partial charge is 0.342 e. The van der Waals surface area contributed by atoms with E-state index in [2.05, 4.69) is 0 Å². The van der Waals surface area contributed by atoms with Crippen LogP contribution in [0.25, 0.3) is 0 Å². The second-order valence-electron chi connectivity index (χ2n) is 6.54. The van der Waals surface area contributed by atoms with Crippen molar-refractivity contribution in [1.82, 2.24) is 14.7 Å². The average molecular weight is 347 g/mol. The quantitative estimate of drug-likeness (QED) is 0.766. The Morgan fingerprint density at radius 1 is 0.920 bits per heavy atom. The molecule has 7 heteroatoms. The Kier molecular flexibility index (Phi) is 5.31. The summed E-state index contributed by atoms with van der Waals surface area (Å²) in [7, 11) is 0. The fourth-order valence-electron chi connectivity index (χ4n) is 3.41. The van der Waals surface area contributed by atoms with Gasteiger partial charge in [0.15, 0.2) is 0 Å². The molecule has 3 amide bonds. The Hall–Kier alpha value is -2.44. The number of piperazine rings is 1. The lowest BCUT2D eigenvalue weighted by Gasteiger charge is -2.37. The van der Waals surface area contributed by atoms with Gasteiger partial charge >= 0.3 is 0 Å². The van der Waals surface area contributed by atoms with Gasteiger partial charge in [0.05, 0.1) is 0 Å². The molecule has 0 spiro atoms. The molecule has 0 bridgehead atoms. The van der Waals surface area contributed by atoms with Gasteiger partial charge in [0.1, 0.15) is 5.82 Å². The molecule has 2 saturated heterocycles. The summed E-state index contributed by atoms with van der Waals surface area (Å²) in [4.78, 5) is 41.0. The van der Waals surface area contributed by atoms with E-state index < -0.39 is 0 Å². The van der Waals surface area contributed by atoms with Gasteiger partial charge in [-0.25, -0.2) is 4.39 Å². The van der Waals surface area contributed by atoms with Crippen LogP contribution in [0.2, 0.25) is 0 Å². The van der Waals surface area contributed by atoms with Gasteiger partial charge in [-0.3, -0.25) is 14.4 Å². The molecule has 0 atom stereocenters. The van der Waals surface area contributed by atoms with Crippen LogP contribution in [0.3, 0.4) is 0 Å². The number of hydrogen-bond acceptors (Lipinski definition) is 3. The molecule has 134 valence electrons. The highest BCUT2D eigenvalue weighted by Gasteiger charge is 2.31. The predicted octanol–water partition coefficient (Wildman–Crippen LogP) is 0.978. The molecule has 2 heterocycles. The molecule has 0 aliphatic carbocycles. The number of hydrogen-bond donors (Lipinski definition) is 0. The number of benzene rings is 1. The Balaban J connectivity index is 1.51. The Bertz CT molecular complexity index is 633. The van der Waals surface area contributed by atoms with Gasteiger partial charge in [0, 0.05) is 50.7 Å². The maximum Gasteiger partial charge on any atom is 0.253 e. The fraction of sp³-hybridized carbons (Fsp3) is 0.500. The van der Waals surface area contributed by atoms with Gasteiger partial charge in [0.2, 0.25) is 12.3 Å². The monoisotopic (exact) mass is 347 g/mol. The molecule has 3 rings (SSSR count). The van der Waals surface area contributed by atoms with Crippen molar-refractivity contribution < 1.29 is 18.8 Å². The summed E-state index contributed by atoms with van der Waals surface area (Å²) in [5, 5.41) is 0. The average Bonchev–Trinajstić information content (AvgIpc) is 2.67. The second-order valence-corrected chi connectivity index (χ2v) is 6.54. The third-order valence-corrected chi connectivity index (χ3v) is 5.00. The lowest BCUT2D eigenvalue weighted by atomic mass is 9.94. The van der Waals surface area contributed by atoms with Crippen molar-refractivity contribution in [1.29, 1.82) is 0 Å². The van der Waals surface area contributed by atoms with Crippen molar-refractivity contribution in [3.63, 3.8) is 0 Å². The van der Waals surface area contributed by atoms with Gasteiger partial charge in [-0.05, 0) is 37.1 Å². The van der Waals surface area contributed by atoms with E-state index in [0.29, 0.717) is 57.7 Å². The summed E-state index contributed by atoms with van der Waals surface area (Å²) in [6.45, 7) is 3.37. The minimum atomic E-state index is -0.365. The van der Waals surface area contributed by atoms with Crippen molar-refractivity contribution in [3.8, 4) is 0 Å². The molecule has 0 unspecified atom stereocenters. The molecule has 2 fully saturated rings. The zero-order valence-electron chi connectivity index (χ0n) is 14.1. The van der Waals surface area contributed by atoms with Crippen LogP contribution in [0.15, 0.2) is 24.3 Å². The van der Waals surface area contributed by atoms with Crippen LogP contribution in [0.4, 0.5) is 4.39 Å². The maximum atomic E-state index is 13.0. The van der Waals surface area contributed by atoms with Gasteiger partial charge in [-0.2, -0.15) is 0 Å². The van der Waals surface area contributed by atoms with Crippen LogP contribution in [0.1, 0.15) is 23.2 Å². The zero-order chi connectivity index (χ0) is 17.8. The number of amides is 3. The molecule has 1 aromatic rings. The lowest BCUT2D eigenvalue weighted by molar-refractivity contribution is -0.140. The molecule has 0 radical (unpaired) electrons. The van der Waals surface area contributed by atoms with E-state index in [9.17, 15) is 18.8 Å². The highest BCUT2D eigenvalue weighted by atomic mass is 19.1. The molecule has 2 aliphatic heterocycles. The number of piperidine rings is 1. The standard InChI is InChI=1S/C18H22FN3O3/c19-16-3-1-14(2-4-16)17(24)21-7-5-15(6-8-21)18(25)22-11-9-20(13-23)10-12-22/h1-4,13,15H,5-12H2. The van der Waals surface area contributed by atoms with Gasteiger partial charge in [-0.1, -0.05) is 0 Å². The van der Waals surface area contributed by atoms with E-state index in [1.165, 1.54) is 24.3 Å². The summed E-state index contributed by atoms with van der Waals surface area (Å²) in [6.07, 6.45) is 2.10. The van der Waals surface area contributed by atoms with Crippen LogP contribution in [-0.4, -0.2) is 72.2 Å². The molecule has 1 aromatic carbocycles. The first-order valence-corrected chi connectivity index (χ1v) is 8.61. The first kappa shape index (κ1) is 17.4. The third-order valence-electron chi connectivity index (χ3n) is 5.00. The predicted molar refractivity (Wildman–Crippen MR) is 89.2 cm³/mol. The number of carbonyl (C=O) groups excluding carboxylic acids is 3. The minimum Gasteiger partial charge on any atom is -0.342 e. The van der Waals surface area contributed by atoms with Crippen LogP contribution >= 0.6 is 0 Å². The van der Waals surface area contributed by atoms with Crippen molar-refractivity contribution in [3.05, 3.63) is 35.6 Å². The van der Waals surface area contributed by atoms with Crippen LogP contribution in [0, 0.1) is 11.7 Å². The summed E-state index contributed by atoms with van der Waals surface area (Å²) in [5.41, 5.74) is 0.469. The highest BCUT2D eigenvalue weighted by molar-refractivity contribution is 5.94. The van der Waals surface area contributed by atoms with Gasteiger partial charge in [-0.15, -0.1) is 0 Å². The first-order chi connectivity index (χ1) is 12.1. The van der Waals surface area contributed by atoms with Crippen molar-refractivity contribution in [2.45, 2.75) is 12.8 Å². The molecule has 2 aliphatic rings. The summed E-state index contributed by atoms with van der Waals surface area (Å²) >= 11 is 0. The van der Waals surface area contributed by atoms with Gasteiger partial charge < -0.3 is 14.7 Å². The van der Waals surface area contributed by atoms with E-state index in [4.69, 9.17) is 0 Å². The number of likely N-dealkylation sites (tertiary alicyclic amines) is 1. The molecular formula is C18H22FN3O3. The zero-order valence-corrected chi connectivity index (χ0v) is 14.1. The lowest BCUT2D eigenvalue weighted by Crippen LogP contribution is -2.51. The maximum absolute atomic E-state index is 13.0. The van der Waals surface area contributed by atoms with E-state index >= 15 is 0 Å². The van der Waals surface area contributed by atoms with Crippen LogP contribution < -0.4 is 0 Å².